The van der Waals surface area contributed by atoms with Gasteiger partial charge in [0.1, 0.15) is 11.5 Å². The summed E-state index contributed by atoms with van der Waals surface area (Å²) in [6, 6.07) is 4.98. The van der Waals surface area contributed by atoms with Gasteiger partial charge in [-0.2, -0.15) is 0 Å². The average Bonchev–Trinajstić information content (AvgIpc) is 2.15. The number of methoxy groups -OCH3 is 1. The van der Waals surface area contributed by atoms with Gasteiger partial charge in [-0.05, 0) is 19.1 Å². The van der Waals surface area contributed by atoms with Gasteiger partial charge in [0.15, 0.2) is 0 Å². The van der Waals surface area contributed by atoms with Crippen LogP contribution < -0.4 is 10.5 Å². The highest BCUT2D eigenvalue weighted by atomic mass is 16.5. The Labute approximate surface area is 83.8 Å². The number of phenolic OH excluding ortho intramolecular Hbond substituents is 1. The lowest BCUT2D eigenvalue weighted by Crippen LogP contribution is -2.09. The van der Waals surface area contributed by atoms with E-state index >= 15 is 0 Å². The SMILES string of the molecule is COc1cc(O)ccc1/C=C/C(C)N. The average molecular weight is 193 g/mol. The molecule has 3 nitrogen and oxygen atoms in total. The third-order valence-corrected chi connectivity index (χ3v) is 1.80. The zero-order valence-corrected chi connectivity index (χ0v) is 8.40. The summed E-state index contributed by atoms with van der Waals surface area (Å²) in [5.74, 6) is 0.835. The number of hydrogen-bond acceptors (Lipinski definition) is 3. The van der Waals surface area contributed by atoms with E-state index in [0.717, 1.165) is 5.56 Å². The monoisotopic (exact) mass is 193 g/mol. The molecule has 0 spiro atoms. The van der Waals surface area contributed by atoms with Gasteiger partial charge in [-0.25, -0.2) is 0 Å². The van der Waals surface area contributed by atoms with E-state index in [0.29, 0.717) is 5.75 Å². The minimum absolute atomic E-state index is 0.00788. The first kappa shape index (κ1) is 10.6. The molecule has 0 saturated heterocycles. The van der Waals surface area contributed by atoms with Gasteiger partial charge in [0.25, 0.3) is 0 Å². The van der Waals surface area contributed by atoms with Crippen molar-refractivity contribution in [3.05, 3.63) is 29.8 Å². The van der Waals surface area contributed by atoms with E-state index in [1.54, 1.807) is 25.3 Å². The van der Waals surface area contributed by atoms with Crippen LogP contribution in [-0.2, 0) is 0 Å². The van der Waals surface area contributed by atoms with Gasteiger partial charge < -0.3 is 15.6 Å². The lowest BCUT2D eigenvalue weighted by molar-refractivity contribution is 0.407. The summed E-state index contributed by atoms with van der Waals surface area (Å²) in [6.07, 6.45) is 3.75. The molecule has 0 aliphatic heterocycles. The first-order valence-corrected chi connectivity index (χ1v) is 4.44. The van der Waals surface area contributed by atoms with E-state index in [1.807, 2.05) is 19.1 Å². The number of rotatable bonds is 3. The molecule has 1 aromatic carbocycles. The molecule has 1 atom stereocenters. The summed E-state index contributed by atoms with van der Waals surface area (Å²) >= 11 is 0. The van der Waals surface area contributed by atoms with Crippen molar-refractivity contribution in [3.8, 4) is 11.5 Å². The summed E-state index contributed by atoms with van der Waals surface area (Å²) in [5.41, 5.74) is 6.49. The molecule has 0 aliphatic rings. The van der Waals surface area contributed by atoms with Crippen LogP contribution in [0.3, 0.4) is 0 Å². The smallest absolute Gasteiger partial charge is 0.129 e. The molecule has 3 N–H and O–H groups in total. The van der Waals surface area contributed by atoms with Gasteiger partial charge in [0, 0.05) is 17.7 Å². The summed E-state index contributed by atoms with van der Waals surface area (Å²) in [4.78, 5) is 0. The van der Waals surface area contributed by atoms with Gasteiger partial charge in [0.05, 0.1) is 7.11 Å². The molecular formula is C11H15NO2. The quantitative estimate of drug-likeness (QED) is 0.769. The molecule has 0 bridgehead atoms. The Balaban J connectivity index is 2.96. The minimum Gasteiger partial charge on any atom is -0.508 e. The first-order valence-electron chi connectivity index (χ1n) is 4.44. The van der Waals surface area contributed by atoms with Crippen molar-refractivity contribution in [3.63, 3.8) is 0 Å². The topological polar surface area (TPSA) is 55.5 Å². The van der Waals surface area contributed by atoms with Gasteiger partial charge in [-0.15, -0.1) is 0 Å². The van der Waals surface area contributed by atoms with Crippen LogP contribution in [0.25, 0.3) is 6.08 Å². The van der Waals surface area contributed by atoms with Crippen molar-refractivity contribution < 1.29 is 9.84 Å². The largest absolute Gasteiger partial charge is 0.508 e. The van der Waals surface area contributed by atoms with Crippen LogP contribution in [-0.4, -0.2) is 18.3 Å². The number of phenols is 1. The summed E-state index contributed by atoms with van der Waals surface area (Å²) in [6.45, 7) is 1.89. The molecule has 1 rings (SSSR count). The van der Waals surface area contributed by atoms with E-state index in [9.17, 15) is 5.11 Å². The Morgan fingerprint density at radius 3 is 2.79 bits per heavy atom. The lowest BCUT2D eigenvalue weighted by Gasteiger charge is -2.05. The van der Waals surface area contributed by atoms with Gasteiger partial charge in [-0.3, -0.25) is 0 Å². The highest BCUT2D eigenvalue weighted by Gasteiger charge is 2.00. The van der Waals surface area contributed by atoms with E-state index < -0.39 is 0 Å². The van der Waals surface area contributed by atoms with Crippen molar-refractivity contribution in [1.82, 2.24) is 0 Å². The zero-order chi connectivity index (χ0) is 10.6. The van der Waals surface area contributed by atoms with Crippen LogP contribution >= 0.6 is 0 Å². The number of ether oxygens (including phenoxy) is 1. The van der Waals surface area contributed by atoms with E-state index in [-0.39, 0.29) is 11.8 Å². The van der Waals surface area contributed by atoms with Crippen LogP contribution in [0.4, 0.5) is 0 Å². The van der Waals surface area contributed by atoms with E-state index in [2.05, 4.69) is 0 Å². The standard InChI is InChI=1S/C11H15NO2/c1-8(12)3-4-9-5-6-10(13)7-11(9)14-2/h3-8,13H,12H2,1-2H3/b4-3+. The third-order valence-electron chi connectivity index (χ3n) is 1.80. The third kappa shape index (κ3) is 2.78. The zero-order valence-electron chi connectivity index (χ0n) is 8.40. The first-order chi connectivity index (χ1) is 6.63. The van der Waals surface area contributed by atoms with Crippen molar-refractivity contribution in [2.75, 3.05) is 7.11 Å². The molecular weight excluding hydrogens is 178 g/mol. The lowest BCUT2D eigenvalue weighted by atomic mass is 10.1. The summed E-state index contributed by atoms with van der Waals surface area (Å²) < 4.78 is 5.11. The molecule has 3 heteroatoms. The van der Waals surface area contributed by atoms with Crippen LogP contribution in [0.5, 0.6) is 11.5 Å². The predicted octanol–water partition coefficient (Wildman–Crippen LogP) is 1.76. The summed E-state index contributed by atoms with van der Waals surface area (Å²) in [7, 11) is 1.57. The number of hydrogen-bond donors (Lipinski definition) is 2. The minimum atomic E-state index is 0.00788. The van der Waals surface area contributed by atoms with Crippen LogP contribution in [0, 0.1) is 0 Å². The maximum atomic E-state index is 9.22. The fraction of sp³-hybridized carbons (Fsp3) is 0.273. The highest BCUT2D eigenvalue weighted by molar-refractivity contribution is 5.59. The maximum Gasteiger partial charge on any atom is 0.129 e. The van der Waals surface area contributed by atoms with Crippen molar-refractivity contribution in [1.29, 1.82) is 0 Å². The second kappa shape index (κ2) is 4.67. The second-order valence-corrected chi connectivity index (χ2v) is 3.14. The van der Waals surface area contributed by atoms with Gasteiger partial charge in [0.2, 0.25) is 0 Å². The molecule has 1 aromatic rings. The molecule has 76 valence electrons. The van der Waals surface area contributed by atoms with Crippen LogP contribution in [0.15, 0.2) is 24.3 Å². The highest BCUT2D eigenvalue weighted by Crippen LogP contribution is 2.24. The predicted molar refractivity (Wildman–Crippen MR) is 57.3 cm³/mol. The molecule has 0 amide bonds. The molecule has 1 unspecified atom stereocenters. The molecule has 0 heterocycles. The Bertz CT molecular complexity index is 332. The fourth-order valence-corrected chi connectivity index (χ4v) is 1.09. The second-order valence-electron chi connectivity index (χ2n) is 3.14. The molecule has 0 fully saturated rings. The normalized spacial score (nSPS) is 13.1. The van der Waals surface area contributed by atoms with Crippen LogP contribution in [0.2, 0.25) is 0 Å². The Morgan fingerprint density at radius 1 is 1.50 bits per heavy atom. The number of benzene rings is 1. The number of nitrogens with two attached hydrogens (primary N) is 1. The van der Waals surface area contributed by atoms with E-state index in [4.69, 9.17) is 10.5 Å². The number of aromatic hydroxyl groups is 1. The molecule has 0 radical (unpaired) electrons. The molecule has 0 saturated carbocycles. The molecule has 14 heavy (non-hydrogen) atoms. The maximum absolute atomic E-state index is 9.22. The van der Waals surface area contributed by atoms with Crippen LogP contribution in [0.1, 0.15) is 12.5 Å². The Kier molecular flexibility index (Phi) is 3.54. The van der Waals surface area contributed by atoms with Crippen molar-refractivity contribution in [2.24, 2.45) is 5.73 Å². The Hall–Kier alpha value is -1.48. The van der Waals surface area contributed by atoms with Gasteiger partial charge >= 0.3 is 0 Å². The molecule has 0 aromatic heterocycles. The molecule has 0 aliphatic carbocycles. The van der Waals surface area contributed by atoms with Gasteiger partial charge in [-0.1, -0.05) is 12.2 Å². The van der Waals surface area contributed by atoms with E-state index in [1.165, 1.54) is 0 Å². The van der Waals surface area contributed by atoms with Crippen molar-refractivity contribution in [2.45, 2.75) is 13.0 Å². The summed E-state index contributed by atoms with van der Waals surface area (Å²) in [5, 5.41) is 9.22. The Morgan fingerprint density at radius 2 is 2.21 bits per heavy atom. The van der Waals surface area contributed by atoms with Crippen molar-refractivity contribution >= 4 is 6.08 Å². The fourth-order valence-electron chi connectivity index (χ4n) is 1.09.